The fourth-order valence-electron chi connectivity index (χ4n) is 3.37. The summed E-state index contributed by atoms with van der Waals surface area (Å²) < 4.78 is 10.6. The van der Waals surface area contributed by atoms with Gasteiger partial charge in [-0.1, -0.05) is 6.07 Å². The van der Waals surface area contributed by atoms with Gasteiger partial charge in [0.25, 0.3) is 11.8 Å². The summed E-state index contributed by atoms with van der Waals surface area (Å²) in [6.45, 7) is 5.76. The number of benzene rings is 2. The quantitative estimate of drug-likeness (QED) is 0.762. The molecule has 2 aromatic carbocycles. The van der Waals surface area contributed by atoms with E-state index < -0.39 is 17.6 Å². The number of nitrogens with two attached hydrogens (primary N) is 1. The number of primary amides is 1. The fraction of sp³-hybridized carbons (Fsp3) is 0.348. The van der Waals surface area contributed by atoms with Gasteiger partial charge in [-0.05, 0) is 75.6 Å². The Bertz CT molecular complexity index is 980. The highest BCUT2D eigenvalue weighted by Crippen LogP contribution is 2.34. The third-order valence-corrected chi connectivity index (χ3v) is 4.61. The van der Waals surface area contributed by atoms with E-state index in [2.05, 4.69) is 5.32 Å². The van der Waals surface area contributed by atoms with Crippen LogP contribution in [-0.2, 0) is 16.0 Å². The largest absolute Gasteiger partial charge is 0.484 e. The van der Waals surface area contributed by atoms with Gasteiger partial charge in [-0.3, -0.25) is 14.9 Å². The molecule has 0 unspecified atom stereocenters. The standard InChI is InChI=1S/C23H27N3O5/c1-23(2,3)31-22(29)25-18-7-4-8-19-17(18)6-5-13-26(19)21(28)15-9-11-16(12-10-15)30-14-20(24)27/h4,7-12H,5-6,13-14H2,1-3H3,(H2,24,27)(H,25,29). The maximum absolute atomic E-state index is 13.2. The van der Waals surface area contributed by atoms with Crippen molar-refractivity contribution in [3.8, 4) is 5.75 Å². The highest BCUT2D eigenvalue weighted by molar-refractivity contribution is 6.07. The van der Waals surface area contributed by atoms with E-state index in [1.54, 1.807) is 56.0 Å². The molecule has 0 fully saturated rings. The summed E-state index contributed by atoms with van der Waals surface area (Å²) in [5.74, 6) is -0.268. The predicted octanol–water partition coefficient (Wildman–Crippen LogP) is 3.49. The summed E-state index contributed by atoms with van der Waals surface area (Å²) in [6.07, 6.45) is 0.979. The van der Waals surface area contributed by atoms with Crippen LogP contribution in [0.2, 0.25) is 0 Å². The number of amides is 3. The number of anilines is 2. The molecule has 3 rings (SSSR count). The number of carbonyl (C=O) groups excluding carboxylic acids is 3. The summed E-state index contributed by atoms with van der Waals surface area (Å²) >= 11 is 0. The average molecular weight is 425 g/mol. The molecule has 0 saturated heterocycles. The van der Waals surface area contributed by atoms with Crippen LogP contribution >= 0.6 is 0 Å². The molecule has 0 radical (unpaired) electrons. The molecule has 3 amide bonds. The van der Waals surface area contributed by atoms with Gasteiger partial charge >= 0.3 is 6.09 Å². The molecule has 1 heterocycles. The van der Waals surface area contributed by atoms with Gasteiger partial charge in [0.05, 0.1) is 0 Å². The van der Waals surface area contributed by atoms with Crippen LogP contribution < -0.4 is 20.7 Å². The number of carbonyl (C=O) groups is 3. The maximum Gasteiger partial charge on any atom is 0.412 e. The van der Waals surface area contributed by atoms with Crippen LogP contribution in [0.15, 0.2) is 42.5 Å². The smallest absolute Gasteiger partial charge is 0.412 e. The van der Waals surface area contributed by atoms with Crippen LogP contribution in [-0.4, -0.2) is 36.7 Å². The maximum atomic E-state index is 13.2. The minimum absolute atomic E-state index is 0.156. The Kier molecular flexibility index (Phi) is 6.48. The summed E-state index contributed by atoms with van der Waals surface area (Å²) in [6, 6.07) is 12.0. The fourth-order valence-corrected chi connectivity index (χ4v) is 3.37. The van der Waals surface area contributed by atoms with E-state index in [0.717, 1.165) is 24.1 Å². The van der Waals surface area contributed by atoms with Gasteiger partial charge in [-0.2, -0.15) is 0 Å². The van der Waals surface area contributed by atoms with Crippen molar-refractivity contribution in [3.63, 3.8) is 0 Å². The van der Waals surface area contributed by atoms with Crippen molar-refractivity contribution >= 4 is 29.3 Å². The number of fused-ring (bicyclic) bond motifs is 1. The summed E-state index contributed by atoms with van der Waals surface area (Å²) in [5, 5.41) is 2.80. The van der Waals surface area contributed by atoms with E-state index in [-0.39, 0.29) is 12.5 Å². The van der Waals surface area contributed by atoms with Crippen molar-refractivity contribution in [1.29, 1.82) is 0 Å². The monoisotopic (exact) mass is 425 g/mol. The molecule has 1 aliphatic rings. The lowest BCUT2D eigenvalue weighted by molar-refractivity contribution is -0.119. The van der Waals surface area contributed by atoms with Crippen LogP contribution in [0.4, 0.5) is 16.2 Å². The molecule has 0 aromatic heterocycles. The second-order valence-electron chi connectivity index (χ2n) is 8.27. The van der Waals surface area contributed by atoms with Crippen molar-refractivity contribution in [2.75, 3.05) is 23.4 Å². The highest BCUT2D eigenvalue weighted by atomic mass is 16.6. The van der Waals surface area contributed by atoms with Crippen LogP contribution in [0, 0.1) is 0 Å². The third kappa shape index (κ3) is 5.75. The zero-order valence-corrected chi connectivity index (χ0v) is 17.9. The van der Waals surface area contributed by atoms with Crippen molar-refractivity contribution in [2.24, 2.45) is 5.73 Å². The zero-order valence-electron chi connectivity index (χ0n) is 17.9. The van der Waals surface area contributed by atoms with E-state index >= 15 is 0 Å². The van der Waals surface area contributed by atoms with Crippen molar-refractivity contribution in [3.05, 3.63) is 53.6 Å². The summed E-state index contributed by atoms with van der Waals surface area (Å²) in [4.78, 5) is 37.9. The van der Waals surface area contributed by atoms with E-state index in [4.69, 9.17) is 15.2 Å². The van der Waals surface area contributed by atoms with Crippen LogP contribution in [0.3, 0.4) is 0 Å². The van der Waals surface area contributed by atoms with Crippen molar-refractivity contribution in [1.82, 2.24) is 0 Å². The summed E-state index contributed by atoms with van der Waals surface area (Å²) in [7, 11) is 0. The van der Waals surface area contributed by atoms with E-state index in [1.165, 1.54) is 0 Å². The van der Waals surface area contributed by atoms with Gasteiger partial charge in [0.2, 0.25) is 0 Å². The Morgan fingerprint density at radius 2 is 1.81 bits per heavy atom. The number of hydrogen-bond donors (Lipinski definition) is 2. The second-order valence-corrected chi connectivity index (χ2v) is 8.27. The van der Waals surface area contributed by atoms with E-state index in [0.29, 0.717) is 23.5 Å². The molecule has 0 bridgehead atoms. The van der Waals surface area contributed by atoms with Gasteiger partial charge in [-0.15, -0.1) is 0 Å². The highest BCUT2D eigenvalue weighted by Gasteiger charge is 2.26. The third-order valence-electron chi connectivity index (χ3n) is 4.61. The zero-order chi connectivity index (χ0) is 22.6. The minimum atomic E-state index is -0.603. The minimum Gasteiger partial charge on any atom is -0.484 e. The SMILES string of the molecule is CC(C)(C)OC(=O)Nc1cccc2c1CCCN2C(=O)c1ccc(OCC(N)=O)cc1. The van der Waals surface area contributed by atoms with Crippen molar-refractivity contribution in [2.45, 2.75) is 39.2 Å². The molecule has 0 spiro atoms. The summed E-state index contributed by atoms with van der Waals surface area (Å²) in [5.41, 5.74) is 7.26. The Hall–Kier alpha value is -3.55. The number of nitrogens with zero attached hydrogens (tertiary/aromatic N) is 1. The first-order valence-corrected chi connectivity index (χ1v) is 10.1. The Morgan fingerprint density at radius 3 is 2.45 bits per heavy atom. The first-order valence-electron chi connectivity index (χ1n) is 10.1. The molecule has 31 heavy (non-hydrogen) atoms. The van der Waals surface area contributed by atoms with E-state index in [9.17, 15) is 14.4 Å². The number of rotatable bonds is 5. The Morgan fingerprint density at radius 1 is 1.10 bits per heavy atom. The lowest BCUT2D eigenvalue weighted by atomic mass is 9.98. The Balaban J connectivity index is 1.79. The van der Waals surface area contributed by atoms with Gasteiger partial charge in [0, 0.05) is 23.5 Å². The van der Waals surface area contributed by atoms with Gasteiger partial charge in [0.15, 0.2) is 6.61 Å². The molecule has 2 aromatic rings. The van der Waals surface area contributed by atoms with Crippen LogP contribution in [0.25, 0.3) is 0 Å². The molecule has 8 nitrogen and oxygen atoms in total. The number of ether oxygens (including phenoxy) is 2. The molecule has 164 valence electrons. The topological polar surface area (TPSA) is 111 Å². The molecular weight excluding hydrogens is 398 g/mol. The molecule has 8 heteroatoms. The molecule has 0 saturated carbocycles. The lowest BCUT2D eigenvalue weighted by Crippen LogP contribution is -2.36. The normalized spacial score (nSPS) is 13.2. The van der Waals surface area contributed by atoms with Crippen molar-refractivity contribution < 1.29 is 23.9 Å². The second kappa shape index (κ2) is 9.07. The number of nitrogens with one attached hydrogen (secondary N) is 1. The molecular formula is C23H27N3O5. The van der Waals surface area contributed by atoms with Crippen LogP contribution in [0.1, 0.15) is 43.1 Å². The van der Waals surface area contributed by atoms with Gasteiger partial charge < -0.3 is 20.1 Å². The number of hydrogen-bond acceptors (Lipinski definition) is 5. The molecule has 1 aliphatic heterocycles. The molecule has 0 atom stereocenters. The van der Waals surface area contributed by atoms with Crippen LogP contribution in [0.5, 0.6) is 5.75 Å². The first kappa shape index (κ1) is 22.1. The predicted molar refractivity (Wildman–Crippen MR) is 117 cm³/mol. The van der Waals surface area contributed by atoms with E-state index in [1.807, 2.05) is 12.1 Å². The lowest BCUT2D eigenvalue weighted by Gasteiger charge is -2.31. The molecule has 0 aliphatic carbocycles. The Labute approximate surface area is 181 Å². The first-order chi connectivity index (χ1) is 14.6. The average Bonchev–Trinajstić information content (AvgIpc) is 2.70. The molecule has 3 N–H and O–H groups in total. The van der Waals surface area contributed by atoms with Gasteiger partial charge in [0.1, 0.15) is 11.4 Å². The van der Waals surface area contributed by atoms with Gasteiger partial charge in [-0.25, -0.2) is 4.79 Å².